The Morgan fingerprint density at radius 3 is 3.12 bits per heavy atom. The summed E-state index contributed by atoms with van der Waals surface area (Å²) in [7, 11) is 1.69. The number of aromatic nitrogens is 3. The van der Waals surface area contributed by atoms with Gasteiger partial charge in [0.25, 0.3) is 11.5 Å². The van der Waals surface area contributed by atoms with Crippen molar-refractivity contribution in [3.8, 4) is 6.07 Å². The number of nitriles is 1. The van der Waals surface area contributed by atoms with Gasteiger partial charge in [0.05, 0.1) is 5.56 Å². The predicted octanol–water partition coefficient (Wildman–Crippen LogP) is 0.379. The molecule has 0 saturated carbocycles. The van der Waals surface area contributed by atoms with Crippen molar-refractivity contribution in [3.05, 3.63) is 46.3 Å². The van der Waals surface area contributed by atoms with Crippen LogP contribution in [0.3, 0.4) is 0 Å². The molecule has 0 spiro atoms. The van der Waals surface area contributed by atoms with Crippen LogP contribution in [0.5, 0.6) is 0 Å². The Kier molecular flexibility index (Phi) is 4.33. The van der Waals surface area contributed by atoms with Gasteiger partial charge in [0.15, 0.2) is 5.82 Å². The van der Waals surface area contributed by atoms with E-state index in [-0.39, 0.29) is 17.5 Å². The maximum absolute atomic E-state index is 12.3. The van der Waals surface area contributed by atoms with Crippen LogP contribution in [0.15, 0.2) is 29.5 Å². The Balaban J connectivity index is 1.69. The molecule has 0 unspecified atom stereocenters. The first kappa shape index (κ1) is 15.8. The number of hydrogen-bond donors (Lipinski definition) is 2. The summed E-state index contributed by atoms with van der Waals surface area (Å²) < 4.78 is 1.49. The molecule has 2 N–H and O–H groups in total. The summed E-state index contributed by atoms with van der Waals surface area (Å²) in [5, 5.41) is 11.8. The second-order valence-corrected chi connectivity index (χ2v) is 5.84. The molecule has 3 heterocycles. The third-order valence-electron chi connectivity index (χ3n) is 4.12. The number of nitrogens with one attached hydrogen (secondary N) is 2. The van der Waals surface area contributed by atoms with Crippen molar-refractivity contribution >= 4 is 11.7 Å². The zero-order valence-corrected chi connectivity index (χ0v) is 13.3. The highest BCUT2D eigenvalue weighted by Gasteiger charge is 2.24. The third kappa shape index (κ3) is 3.15. The van der Waals surface area contributed by atoms with Crippen molar-refractivity contribution < 1.29 is 4.79 Å². The lowest BCUT2D eigenvalue weighted by Crippen LogP contribution is -2.49. The van der Waals surface area contributed by atoms with E-state index in [0.29, 0.717) is 23.6 Å². The van der Waals surface area contributed by atoms with Crippen molar-refractivity contribution in [2.75, 3.05) is 18.0 Å². The molecule has 0 aromatic carbocycles. The van der Waals surface area contributed by atoms with Gasteiger partial charge < -0.3 is 19.8 Å². The Morgan fingerprint density at radius 2 is 2.38 bits per heavy atom. The van der Waals surface area contributed by atoms with E-state index in [9.17, 15) is 9.59 Å². The molecule has 1 amide bonds. The molecule has 1 fully saturated rings. The largest absolute Gasteiger partial charge is 0.352 e. The summed E-state index contributed by atoms with van der Waals surface area (Å²) in [4.78, 5) is 33.3. The van der Waals surface area contributed by atoms with Crippen LogP contribution in [0.25, 0.3) is 0 Å². The van der Waals surface area contributed by atoms with E-state index >= 15 is 0 Å². The molecule has 2 aromatic heterocycles. The zero-order chi connectivity index (χ0) is 17.1. The second kappa shape index (κ2) is 6.58. The second-order valence-electron chi connectivity index (χ2n) is 5.84. The molecule has 2 aromatic rings. The van der Waals surface area contributed by atoms with Crippen LogP contribution in [0, 0.1) is 11.3 Å². The van der Waals surface area contributed by atoms with Gasteiger partial charge in [-0.2, -0.15) is 5.26 Å². The highest BCUT2D eigenvalue weighted by Crippen LogP contribution is 2.15. The van der Waals surface area contributed by atoms with Gasteiger partial charge in [-0.05, 0) is 18.9 Å². The molecule has 1 atom stereocenters. The SMILES string of the molecule is Cn1ccnc(N2CCC[C@H](NC(=O)c3c[nH]c(C#N)c3)C2)c1=O. The van der Waals surface area contributed by atoms with Crippen LogP contribution >= 0.6 is 0 Å². The summed E-state index contributed by atoms with van der Waals surface area (Å²) in [6.45, 7) is 1.27. The summed E-state index contributed by atoms with van der Waals surface area (Å²) in [5.41, 5.74) is 0.633. The molecule has 1 aliphatic heterocycles. The Morgan fingerprint density at radius 1 is 1.54 bits per heavy atom. The quantitative estimate of drug-likeness (QED) is 0.848. The molecule has 24 heavy (non-hydrogen) atoms. The molecule has 0 radical (unpaired) electrons. The topological polar surface area (TPSA) is 107 Å². The minimum absolute atomic E-state index is 0.0709. The van der Waals surface area contributed by atoms with Crippen LogP contribution in [-0.4, -0.2) is 39.6 Å². The van der Waals surface area contributed by atoms with E-state index < -0.39 is 0 Å². The molecule has 0 aliphatic carbocycles. The lowest BCUT2D eigenvalue weighted by atomic mass is 10.1. The number of aromatic amines is 1. The Bertz CT molecular complexity index is 847. The fourth-order valence-electron chi connectivity index (χ4n) is 2.85. The summed E-state index contributed by atoms with van der Waals surface area (Å²) in [6.07, 6.45) is 6.44. The van der Waals surface area contributed by atoms with Crippen molar-refractivity contribution in [1.29, 1.82) is 5.26 Å². The van der Waals surface area contributed by atoms with E-state index in [2.05, 4.69) is 15.3 Å². The predicted molar refractivity (Wildman–Crippen MR) is 87.7 cm³/mol. The lowest BCUT2D eigenvalue weighted by molar-refractivity contribution is 0.0933. The van der Waals surface area contributed by atoms with Gasteiger partial charge in [-0.1, -0.05) is 0 Å². The van der Waals surface area contributed by atoms with E-state index in [1.165, 1.54) is 16.8 Å². The number of amides is 1. The van der Waals surface area contributed by atoms with Crippen LogP contribution in [-0.2, 0) is 7.05 Å². The minimum atomic E-state index is -0.228. The highest BCUT2D eigenvalue weighted by molar-refractivity contribution is 5.94. The van der Waals surface area contributed by atoms with Gasteiger partial charge in [-0.15, -0.1) is 0 Å². The van der Waals surface area contributed by atoms with E-state index in [4.69, 9.17) is 5.26 Å². The monoisotopic (exact) mass is 326 g/mol. The van der Waals surface area contributed by atoms with Crippen LogP contribution in [0.1, 0.15) is 28.9 Å². The number of piperidine rings is 1. The van der Waals surface area contributed by atoms with Crippen LogP contribution in [0.4, 0.5) is 5.82 Å². The molecule has 124 valence electrons. The molecular weight excluding hydrogens is 308 g/mol. The van der Waals surface area contributed by atoms with Crippen LogP contribution < -0.4 is 15.8 Å². The summed E-state index contributed by atoms with van der Waals surface area (Å²) in [5.74, 6) is 0.181. The molecule has 1 saturated heterocycles. The number of anilines is 1. The first-order valence-corrected chi connectivity index (χ1v) is 7.74. The Hall–Kier alpha value is -3.08. The number of rotatable bonds is 3. The molecular formula is C16H18N6O2. The number of nitrogens with zero attached hydrogens (tertiary/aromatic N) is 4. The zero-order valence-electron chi connectivity index (χ0n) is 13.3. The van der Waals surface area contributed by atoms with Crippen molar-refractivity contribution in [2.45, 2.75) is 18.9 Å². The van der Waals surface area contributed by atoms with Crippen molar-refractivity contribution in [3.63, 3.8) is 0 Å². The van der Waals surface area contributed by atoms with E-state index in [1.54, 1.807) is 19.4 Å². The summed E-state index contributed by atoms with van der Waals surface area (Å²) >= 11 is 0. The number of hydrogen-bond acceptors (Lipinski definition) is 5. The fraction of sp³-hybridized carbons (Fsp3) is 0.375. The maximum atomic E-state index is 12.3. The van der Waals surface area contributed by atoms with Gasteiger partial charge in [0.2, 0.25) is 0 Å². The Labute approximate surface area is 138 Å². The first-order valence-electron chi connectivity index (χ1n) is 7.74. The third-order valence-corrected chi connectivity index (χ3v) is 4.12. The molecule has 1 aliphatic rings. The average molecular weight is 326 g/mol. The minimum Gasteiger partial charge on any atom is -0.352 e. The van der Waals surface area contributed by atoms with Gasteiger partial charge in [-0.3, -0.25) is 9.59 Å². The first-order chi connectivity index (χ1) is 11.6. The molecule has 0 bridgehead atoms. The highest BCUT2D eigenvalue weighted by atomic mass is 16.2. The summed E-state index contributed by atoms with van der Waals surface area (Å²) in [6, 6.07) is 3.40. The van der Waals surface area contributed by atoms with Gasteiger partial charge in [0.1, 0.15) is 11.8 Å². The maximum Gasteiger partial charge on any atom is 0.293 e. The van der Waals surface area contributed by atoms with Crippen molar-refractivity contribution in [1.82, 2.24) is 19.9 Å². The molecule has 8 nitrogen and oxygen atoms in total. The number of carbonyl (C=O) groups is 1. The van der Waals surface area contributed by atoms with Crippen LogP contribution in [0.2, 0.25) is 0 Å². The van der Waals surface area contributed by atoms with E-state index in [1.807, 2.05) is 11.0 Å². The van der Waals surface area contributed by atoms with E-state index in [0.717, 1.165) is 19.4 Å². The van der Waals surface area contributed by atoms with Gasteiger partial charge in [0, 0.05) is 44.8 Å². The fourth-order valence-corrected chi connectivity index (χ4v) is 2.85. The molecule has 3 rings (SSSR count). The number of aryl methyl sites for hydroxylation is 1. The van der Waals surface area contributed by atoms with Gasteiger partial charge in [-0.25, -0.2) is 4.98 Å². The number of carbonyl (C=O) groups excluding carboxylic acids is 1. The number of H-pyrrole nitrogens is 1. The molecule has 8 heteroatoms. The lowest BCUT2D eigenvalue weighted by Gasteiger charge is -2.33. The normalized spacial score (nSPS) is 17.3. The average Bonchev–Trinajstić information content (AvgIpc) is 3.07. The van der Waals surface area contributed by atoms with Gasteiger partial charge >= 0.3 is 0 Å². The van der Waals surface area contributed by atoms with Crippen molar-refractivity contribution in [2.24, 2.45) is 7.05 Å². The standard InChI is InChI=1S/C16H18N6O2/c1-21-6-4-18-14(16(21)24)22-5-2-3-12(10-22)20-15(23)11-7-13(8-17)19-9-11/h4,6-7,9,12,19H,2-3,5,10H2,1H3,(H,20,23)/t12-/m0/s1. The smallest absolute Gasteiger partial charge is 0.293 e.